The number of amides is 2. The summed E-state index contributed by atoms with van der Waals surface area (Å²) in [5.41, 5.74) is 4.13. The summed E-state index contributed by atoms with van der Waals surface area (Å²) < 4.78 is 23.8. The number of halogens is 2. The molecule has 9 heteroatoms. The topological polar surface area (TPSA) is 92.9 Å². The molecule has 4 aromatic rings. The van der Waals surface area contributed by atoms with Gasteiger partial charge in [0, 0.05) is 16.1 Å². The van der Waals surface area contributed by atoms with Gasteiger partial charge in [0.25, 0.3) is 5.91 Å². The van der Waals surface area contributed by atoms with Crippen molar-refractivity contribution in [3.63, 3.8) is 0 Å². The maximum absolute atomic E-state index is 12.9. The molecule has 0 aliphatic carbocycles. The summed E-state index contributed by atoms with van der Waals surface area (Å²) in [6.07, 6.45) is 1.46. The summed E-state index contributed by atoms with van der Waals surface area (Å²) in [6, 6.07) is 18.9. The number of hydrogen-bond acceptors (Lipinski definition) is 5. The number of anilines is 1. The molecule has 2 N–H and O–H groups in total. The summed E-state index contributed by atoms with van der Waals surface area (Å²) in [6.45, 7) is -0.205. The van der Waals surface area contributed by atoms with Crippen molar-refractivity contribution >= 4 is 46.3 Å². The van der Waals surface area contributed by atoms with Gasteiger partial charge in [0.15, 0.2) is 12.4 Å². The van der Waals surface area contributed by atoms with Crippen molar-refractivity contribution in [2.24, 2.45) is 5.10 Å². The number of ether oxygens (including phenoxy) is 1. The fourth-order valence-electron chi connectivity index (χ4n) is 2.88. The van der Waals surface area contributed by atoms with Crippen LogP contribution in [0.5, 0.6) is 5.75 Å². The summed E-state index contributed by atoms with van der Waals surface area (Å²) in [5.74, 6) is -0.653. The molecule has 1 aromatic heterocycles. The molecule has 166 valence electrons. The van der Waals surface area contributed by atoms with E-state index in [1.165, 1.54) is 30.5 Å². The van der Waals surface area contributed by atoms with Gasteiger partial charge < -0.3 is 14.5 Å². The standard InChI is InChI=1S/C24H17ClFN3O4/c25-17-3-10-21-16(11-17)12-22(33-21)24(31)29-27-13-15-1-8-20(9-2-15)32-14-23(30)28-19-6-4-18(26)5-7-19/h1-13H,14H2,(H,28,30)(H,29,31)/b27-13+. The first-order valence-corrected chi connectivity index (χ1v) is 10.1. The van der Waals surface area contributed by atoms with E-state index in [0.29, 0.717) is 27.6 Å². The number of hydrogen-bond donors (Lipinski definition) is 2. The number of benzene rings is 3. The quantitative estimate of drug-likeness (QED) is 0.296. The highest BCUT2D eigenvalue weighted by Crippen LogP contribution is 2.23. The summed E-state index contributed by atoms with van der Waals surface area (Å²) >= 11 is 5.94. The van der Waals surface area contributed by atoms with Crippen molar-refractivity contribution in [2.45, 2.75) is 0 Å². The van der Waals surface area contributed by atoms with Crippen LogP contribution < -0.4 is 15.5 Å². The van der Waals surface area contributed by atoms with E-state index in [9.17, 15) is 14.0 Å². The third-order valence-electron chi connectivity index (χ3n) is 4.46. The number of hydrazone groups is 1. The van der Waals surface area contributed by atoms with Gasteiger partial charge in [0.2, 0.25) is 0 Å². The summed E-state index contributed by atoms with van der Waals surface area (Å²) in [4.78, 5) is 24.1. The molecular weight excluding hydrogens is 449 g/mol. The Morgan fingerprint density at radius 2 is 1.79 bits per heavy atom. The van der Waals surface area contributed by atoms with E-state index < -0.39 is 5.91 Å². The number of carbonyl (C=O) groups excluding carboxylic acids is 2. The zero-order valence-corrected chi connectivity index (χ0v) is 17.8. The molecule has 0 unspecified atom stereocenters. The van der Waals surface area contributed by atoms with Crippen molar-refractivity contribution in [2.75, 3.05) is 11.9 Å². The Labute approximate surface area is 192 Å². The highest BCUT2D eigenvalue weighted by atomic mass is 35.5. The molecule has 0 aliphatic heterocycles. The van der Waals surface area contributed by atoms with Gasteiger partial charge in [-0.3, -0.25) is 9.59 Å². The zero-order chi connectivity index (χ0) is 23.2. The van der Waals surface area contributed by atoms with Gasteiger partial charge in [0.1, 0.15) is 17.1 Å². The average molecular weight is 466 g/mol. The number of furan rings is 1. The van der Waals surface area contributed by atoms with E-state index in [1.807, 2.05) is 0 Å². The molecule has 0 saturated heterocycles. The first-order valence-electron chi connectivity index (χ1n) is 9.77. The van der Waals surface area contributed by atoms with E-state index in [1.54, 1.807) is 48.5 Å². The lowest BCUT2D eigenvalue weighted by molar-refractivity contribution is -0.118. The minimum Gasteiger partial charge on any atom is -0.484 e. The Morgan fingerprint density at radius 3 is 2.55 bits per heavy atom. The second-order valence-electron chi connectivity index (χ2n) is 6.90. The fourth-order valence-corrected chi connectivity index (χ4v) is 3.06. The van der Waals surface area contributed by atoms with Gasteiger partial charge >= 0.3 is 5.91 Å². The Morgan fingerprint density at radius 1 is 1.03 bits per heavy atom. The molecule has 0 atom stereocenters. The van der Waals surface area contributed by atoms with Gasteiger partial charge in [-0.25, -0.2) is 9.82 Å². The van der Waals surface area contributed by atoms with Crippen LogP contribution in [0.1, 0.15) is 16.1 Å². The Hall–Kier alpha value is -4.17. The summed E-state index contributed by atoms with van der Waals surface area (Å²) in [7, 11) is 0. The van der Waals surface area contributed by atoms with Crippen LogP contribution in [-0.2, 0) is 4.79 Å². The average Bonchev–Trinajstić information content (AvgIpc) is 3.23. The van der Waals surface area contributed by atoms with E-state index >= 15 is 0 Å². The molecule has 3 aromatic carbocycles. The van der Waals surface area contributed by atoms with Gasteiger partial charge in [-0.15, -0.1) is 0 Å². The number of rotatable bonds is 7. The molecule has 0 spiro atoms. The molecule has 0 fully saturated rings. The number of fused-ring (bicyclic) bond motifs is 1. The molecule has 7 nitrogen and oxygen atoms in total. The Bertz CT molecular complexity index is 1320. The number of nitrogens with one attached hydrogen (secondary N) is 2. The van der Waals surface area contributed by atoms with Crippen molar-refractivity contribution < 1.29 is 23.1 Å². The van der Waals surface area contributed by atoms with Crippen LogP contribution in [0.15, 0.2) is 82.3 Å². The molecule has 0 saturated carbocycles. The van der Waals surface area contributed by atoms with Crippen molar-refractivity contribution in [3.8, 4) is 5.75 Å². The van der Waals surface area contributed by atoms with Crippen molar-refractivity contribution in [1.82, 2.24) is 5.43 Å². The smallest absolute Gasteiger partial charge is 0.307 e. The fraction of sp³-hybridized carbons (Fsp3) is 0.0417. The minimum absolute atomic E-state index is 0.118. The van der Waals surface area contributed by atoms with Crippen LogP contribution >= 0.6 is 11.6 Å². The van der Waals surface area contributed by atoms with Crippen LogP contribution in [0.2, 0.25) is 5.02 Å². The van der Waals surface area contributed by atoms with Gasteiger partial charge in [-0.2, -0.15) is 5.10 Å². The SMILES string of the molecule is O=C(COc1ccc(/C=N/NC(=O)c2cc3cc(Cl)ccc3o2)cc1)Nc1ccc(F)cc1. The lowest BCUT2D eigenvalue weighted by atomic mass is 10.2. The molecule has 4 rings (SSSR count). The molecule has 0 bridgehead atoms. The van der Waals surface area contributed by atoms with E-state index in [4.69, 9.17) is 20.8 Å². The molecule has 33 heavy (non-hydrogen) atoms. The second-order valence-corrected chi connectivity index (χ2v) is 7.34. The van der Waals surface area contributed by atoms with Gasteiger partial charge in [0.05, 0.1) is 6.21 Å². The van der Waals surface area contributed by atoms with E-state index in [-0.39, 0.29) is 24.1 Å². The Balaban J connectivity index is 1.26. The lowest BCUT2D eigenvalue weighted by Crippen LogP contribution is -2.20. The molecule has 0 radical (unpaired) electrons. The lowest BCUT2D eigenvalue weighted by Gasteiger charge is -2.07. The van der Waals surface area contributed by atoms with Crippen molar-refractivity contribution in [1.29, 1.82) is 0 Å². The molecular formula is C24H17ClFN3O4. The van der Waals surface area contributed by atoms with Gasteiger partial charge in [-0.1, -0.05) is 11.6 Å². The molecule has 2 amide bonds. The highest BCUT2D eigenvalue weighted by Gasteiger charge is 2.11. The first-order chi connectivity index (χ1) is 16.0. The van der Waals surface area contributed by atoms with Crippen LogP contribution in [0.3, 0.4) is 0 Å². The van der Waals surface area contributed by atoms with E-state index in [0.717, 1.165) is 5.39 Å². The Kier molecular flexibility index (Phi) is 6.66. The first kappa shape index (κ1) is 22.0. The maximum Gasteiger partial charge on any atom is 0.307 e. The zero-order valence-electron chi connectivity index (χ0n) is 17.0. The monoisotopic (exact) mass is 465 g/mol. The van der Waals surface area contributed by atoms with Crippen LogP contribution in [-0.4, -0.2) is 24.6 Å². The van der Waals surface area contributed by atoms with E-state index in [2.05, 4.69) is 15.8 Å². The number of carbonyl (C=O) groups is 2. The molecule has 0 aliphatic rings. The third kappa shape index (κ3) is 5.96. The van der Waals surface area contributed by atoms with Crippen LogP contribution in [0.4, 0.5) is 10.1 Å². The minimum atomic E-state index is -0.495. The number of nitrogens with zero attached hydrogens (tertiary/aromatic N) is 1. The summed E-state index contributed by atoms with van der Waals surface area (Å²) in [5, 5.41) is 7.80. The second kappa shape index (κ2) is 9.97. The maximum atomic E-state index is 12.9. The van der Waals surface area contributed by atoms with Crippen molar-refractivity contribution in [3.05, 3.63) is 95.0 Å². The molecule has 1 heterocycles. The largest absolute Gasteiger partial charge is 0.484 e. The predicted molar refractivity (Wildman–Crippen MR) is 123 cm³/mol. The van der Waals surface area contributed by atoms with Crippen LogP contribution in [0.25, 0.3) is 11.0 Å². The highest BCUT2D eigenvalue weighted by molar-refractivity contribution is 6.31. The predicted octanol–water partition coefficient (Wildman–Crippen LogP) is 5.01. The normalized spacial score (nSPS) is 11.0. The van der Waals surface area contributed by atoms with Crippen LogP contribution in [0, 0.1) is 5.82 Å². The third-order valence-corrected chi connectivity index (χ3v) is 4.69. The van der Waals surface area contributed by atoms with Gasteiger partial charge in [-0.05, 0) is 78.4 Å².